The van der Waals surface area contributed by atoms with E-state index in [9.17, 15) is 4.79 Å². The zero-order valence-corrected chi connectivity index (χ0v) is 13.6. The number of hydrogen-bond acceptors (Lipinski definition) is 3. The maximum Gasteiger partial charge on any atom is 0.272 e. The Labute approximate surface area is 138 Å². The lowest BCUT2D eigenvalue weighted by Gasteiger charge is -2.14. The summed E-state index contributed by atoms with van der Waals surface area (Å²) in [5, 5.41) is 7.55. The van der Waals surface area contributed by atoms with Crippen LogP contribution in [0.4, 0.5) is 0 Å². The molecule has 0 aliphatic heterocycles. The molecule has 0 radical (unpaired) electrons. The largest absolute Gasteiger partial charge is 0.464 e. The molecule has 0 bridgehead atoms. The Balaban J connectivity index is 1.77. The molecule has 23 heavy (non-hydrogen) atoms. The van der Waals surface area contributed by atoms with E-state index in [4.69, 9.17) is 16.0 Å². The summed E-state index contributed by atoms with van der Waals surface area (Å²) in [6.07, 6.45) is 0. The van der Waals surface area contributed by atoms with Crippen LogP contribution in [0.2, 0.25) is 5.02 Å². The van der Waals surface area contributed by atoms with Crippen molar-refractivity contribution >= 4 is 17.5 Å². The van der Waals surface area contributed by atoms with Crippen LogP contribution in [0.5, 0.6) is 0 Å². The van der Waals surface area contributed by atoms with Gasteiger partial charge < -0.3 is 9.32 Å². The van der Waals surface area contributed by atoms with Gasteiger partial charge in [-0.1, -0.05) is 29.8 Å². The first-order valence-corrected chi connectivity index (χ1v) is 7.53. The lowest BCUT2D eigenvalue weighted by molar-refractivity contribution is 0.0769. The summed E-state index contributed by atoms with van der Waals surface area (Å²) < 4.78 is 5.49. The van der Waals surface area contributed by atoms with Crippen LogP contribution in [0.3, 0.4) is 0 Å². The van der Waals surface area contributed by atoms with Crippen molar-refractivity contribution in [2.45, 2.75) is 13.5 Å². The van der Waals surface area contributed by atoms with E-state index in [1.165, 1.54) is 0 Å². The van der Waals surface area contributed by atoms with E-state index in [1.54, 1.807) is 24.1 Å². The van der Waals surface area contributed by atoms with Gasteiger partial charge in [-0.15, -0.1) is 0 Å². The quantitative estimate of drug-likeness (QED) is 0.789. The Morgan fingerprint density at radius 2 is 2.09 bits per heavy atom. The zero-order chi connectivity index (χ0) is 16.4. The maximum absolute atomic E-state index is 12.5. The number of rotatable bonds is 4. The summed E-state index contributed by atoms with van der Waals surface area (Å²) in [4.78, 5) is 14.0. The second-order valence-corrected chi connectivity index (χ2v) is 5.73. The Bertz CT molecular complexity index is 838. The smallest absolute Gasteiger partial charge is 0.272 e. The highest BCUT2D eigenvalue weighted by Crippen LogP contribution is 2.26. The van der Waals surface area contributed by atoms with Gasteiger partial charge in [-0.25, -0.2) is 0 Å². The summed E-state index contributed by atoms with van der Waals surface area (Å²) in [5.41, 5.74) is 1.83. The van der Waals surface area contributed by atoms with Gasteiger partial charge in [0.1, 0.15) is 17.2 Å². The van der Waals surface area contributed by atoms with Gasteiger partial charge >= 0.3 is 0 Å². The van der Waals surface area contributed by atoms with Crippen LogP contribution in [0.15, 0.2) is 46.9 Å². The minimum absolute atomic E-state index is 0.162. The zero-order valence-electron chi connectivity index (χ0n) is 12.8. The standard InChI is InChI=1S/C17H16ClN3O2/c1-11-7-8-12(23-11)10-21(2)17(22)16-9-15(19-20-16)13-5-3-4-6-14(13)18/h3-9H,10H2,1-2H3,(H,19,20). The van der Waals surface area contributed by atoms with E-state index in [2.05, 4.69) is 10.2 Å². The molecule has 118 valence electrons. The molecule has 2 aromatic heterocycles. The minimum Gasteiger partial charge on any atom is -0.464 e. The predicted molar refractivity (Wildman–Crippen MR) is 88.3 cm³/mol. The molecule has 0 spiro atoms. The first-order chi connectivity index (χ1) is 11.0. The number of halogens is 1. The summed E-state index contributed by atoms with van der Waals surface area (Å²) in [7, 11) is 1.72. The Morgan fingerprint density at radius 3 is 2.78 bits per heavy atom. The van der Waals surface area contributed by atoms with Gasteiger partial charge in [-0.05, 0) is 31.2 Å². The maximum atomic E-state index is 12.5. The molecule has 3 rings (SSSR count). The van der Waals surface area contributed by atoms with E-state index in [1.807, 2.05) is 37.3 Å². The third kappa shape index (κ3) is 3.29. The van der Waals surface area contributed by atoms with Crippen LogP contribution in [0.1, 0.15) is 22.0 Å². The third-order valence-corrected chi connectivity index (χ3v) is 3.82. The number of aromatic amines is 1. The van der Waals surface area contributed by atoms with Gasteiger partial charge in [-0.3, -0.25) is 9.89 Å². The van der Waals surface area contributed by atoms with Gasteiger partial charge in [0.15, 0.2) is 0 Å². The molecule has 1 N–H and O–H groups in total. The summed E-state index contributed by atoms with van der Waals surface area (Å²) >= 11 is 6.16. The number of H-pyrrole nitrogens is 1. The molecule has 0 unspecified atom stereocenters. The number of aryl methyl sites for hydroxylation is 1. The SMILES string of the molecule is Cc1ccc(CN(C)C(=O)c2cc(-c3ccccc3Cl)n[nH]2)o1. The first kappa shape index (κ1) is 15.4. The lowest BCUT2D eigenvalue weighted by atomic mass is 10.1. The molecule has 6 heteroatoms. The average molecular weight is 330 g/mol. The number of hydrogen-bond donors (Lipinski definition) is 1. The molecule has 0 saturated carbocycles. The van der Waals surface area contributed by atoms with Gasteiger partial charge in [0, 0.05) is 12.6 Å². The summed E-state index contributed by atoms with van der Waals surface area (Å²) in [6, 6.07) is 12.8. The second kappa shape index (κ2) is 6.30. The molecule has 0 saturated heterocycles. The Kier molecular flexibility index (Phi) is 4.21. The average Bonchev–Trinajstić information content (AvgIpc) is 3.16. The normalized spacial score (nSPS) is 10.7. The second-order valence-electron chi connectivity index (χ2n) is 5.32. The molecular weight excluding hydrogens is 314 g/mol. The molecule has 0 fully saturated rings. The molecule has 1 amide bonds. The van der Waals surface area contributed by atoms with Crippen molar-refractivity contribution in [3.63, 3.8) is 0 Å². The fourth-order valence-electron chi connectivity index (χ4n) is 2.32. The predicted octanol–water partition coefficient (Wildman–Crippen LogP) is 3.90. The summed E-state index contributed by atoms with van der Waals surface area (Å²) in [5.74, 6) is 1.40. The highest BCUT2D eigenvalue weighted by Gasteiger charge is 2.17. The fourth-order valence-corrected chi connectivity index (χ4v) is 2.55. The van der Waals surface area contributed by atoms with Crippen molar-refractivity contribution in [3.05, 3.63) is 64.7 Å². The summed E-state index contributed by atoms with van der Waals surface area (Å²) in [6.45, 7) is 2.27. The van der Waals surface area contributed by atoms with Crippen LogP contribution >= 0.6 is 11.6 Å². The van der Waals surface area contributed by atoms with Gasteiger partial charge in [0.05, 0.1) is 17.3 Å². The molecule has 0 aliphatic carbocycles. The monoisotopic (exact) mass is 329 g/mol. The number of furan rings is 1. The van der Waals surface area contributed by atoms with Crippen molar-refractivity contribution in [1.82, 2.24) is 15.1 Å². The topological polar surface area (TPSA) is 62.1 Å². The Morgan fingerprint density at radius 1 is 1.30 bits per heavy atom. The highest BCUT2D eigenvalue weighted by molar-refractivity contribution is 6.33. The van der Waals surface area contributed by atoms with Crippen molar-refractivity contribution < 1.29 is 9.21 Å². The molecular formula is C17H16ClN3O2. The molecule has 0 atom stereocenters. The van der Waals surface area contributed by atoms with Crippen molar-refractivity contribution in [2.24, 2.45) is 0 Å². The molecule has 1 aromatic carbocycles. The fraction of sp³-hybridized carbons (Fsp3) is 0.176. The third-order valence-electron chi connectivity index (χ3n) is 3.49. The van der Waals surface area contributed by atoms with Crippen molar-refractivity contribution in [1.29, 1.82) is 0 Å². The first-order valence-electron chi connectivity index (χ1n) is 7.15. The van der Waals surface area contributed by atoms with Gasteiger partial charge in [0.2, 0.25) is 0 Å². The van der Waals surface area contributed by atoms with Crippen molar-refractivity contribution in [3.8, 4) is 11.3 Å². The van der Waals surface area contributed by atoms with E-state index in [-0.39, 0.29) is 5.91 Å². The number of benzene rings is 1. The molecule has 2 heterocycles. The number of carbonyl (C=O) groups is 1. The molecule has 3 aromatic rings. The van der Waals surface area contributed by atoms with Crippen LogP contribution in [0, 0.1) is 6.92 Å². The van der Waals surface area contributed by atoms with E-state index in [0.29, 0.717) is 23.0 Å². The number of nitrogens with zero attached hydrogens (tertiary/aromatic N) is 2. The van der Waals surface area contributed by atoms with Crippen LogP contribution in [-0.4, -0.2) is 28.1 Å². The number of aromatic nitrogens is 2. The van der Waals surface area contributed by atoms with Crippen LogP contribution in [0.25, 0.3) is 11.3 Å². The molecule has 5 nitrogen and oxygen atoms in total. The van der Waals surface area contributed by atoms with Crippen molar-refractivity contribution in [2.75, 3.05) is 7.05 Å². The van der Waals surface area contributed by atoms with Gasteiger partial charge in [0.25, 0.3) is 5.91 Å². The van der Waals surface area contributed by atoms with Gasteiger partial charge in [-0.2, -0.15) is 5.10 Å². The van der Waals surface area contributed by atoms with E-state index < -0.39 is 0 Å². The number of nitrogens with one attached hydrogen (secondary N) is 1. The Hall–Kier alpha value is -2.53. The lowest BCUT2D eigenvalue weighted by Crippen LogP contribution is -2.26. The number of amides is 1. The van der Waals surface area contributed by atoms with Crippen LogP contribution < -0.4 is 0 Å². The minimum atomic E-state index is -0.162. The number of carbonyl (C=O) groups excluding carboxylic acids is 1. The van der Waals surface area contributed by atoms with E-state index >= 15 is 0 Å². The van der Waals surface area contributed by atoms with Crippen LogP contribution in [-0.2, 0) is 6.54 Å². The highest BCUT2D eigenvalue weighted by atomic mass is 35.5. The van der Waals surface area contributed by atoms with E-state index in [0.717, 1.165) is 17.1 Å². The molecule has 0 aliphatic rings.